The number of pyridine rings is 1. The molecule has 0 fully saturated rings. The van der Waals surface area contributed by atoms with Crippen LogP contribution in [0.15, 0.2) is 66.6 Å². The van der Waals surface area contributed by atoms with Gasteiger partial charge in [0.05, 0.1) is 5.76 Å². The van der Waals surface area contributed by atoms with Crippen molar-refractivity contribution in [2.24, 2.45) is 11.8 Å². The zero-order valence-corrected chi connectivity index (χ0v) is 35.5. The Hall–Kier alpha value is -2.31. The fourth-order valence-corrected chi connectivity index (χ4v) is 16.5. The Morgan fingerprint density at radius 3 is 2.23 bits per heavy atom. The first-order valence-corrected chi connectivity index (χ1v) is 25.1. The van der Waals surface area contributed by atoms with Crippen molar-refractivity contribution >= 4 is 65.7 Å². The maximum absolute atomic E-state index is 11.7. The Morgan fingerprint density at radius 1 is 0.938 bits per heavy atom. The van der Waals surface area contributed by atoms with Gasteiger partial charge in [-0.25, -0.2) is 0 Å². The normalized spacial score (nSPS) is 14.4. The van der Waals surface area contributed by atoms with Crippen LogP contribution in [0.3, 0.4) is 0 Å². The fourth-order valence-electron chi connectivity index (χ4n) is 7.28. The topological polar surface area (TPSA) is 50.2 Å². The molecule has 0 spiro atoms. The molecule has 1 aliphatic heterocycles. The molecule has 0 unspecified atom stereocenters. The third kappa shape index (κ3) is 7.70. The molecule has 2 aromatic heterocycles. The van der Waals surface area contributed by atoms with Crippen LogP contribution < -0.4 is 4.40 Å². The molecule has 6 rings (SSSR count). The number of hydrogen-bond acceptors (Lipinski definition) is 4. The van der Waals surface area contributed by atoms with Gasteiger partial charge in [-0.3, -0.25) is 4.79 Å². The Morgan fingerprint density at radius 2 is 1.58 bits per heavy atom. The van der Waals surface area contributed by atoms with Crippen LogP contribution in [0.5, 0.6) is 0 Å². The van der Waals surface area contributed by atoms with Gasteiger partial charge in [-0.05, 0) is 25.7 Å². The Bertz CT molecular complexity index is 1940. The van der Waals surface area contributed by atoms with Crippen molar-refractivity contribution in [3.05, 3.63) is 83.8 Å². The SMILES string of the molecule is CC(C)(C)c1cc(-c2nccc3c2sc2[c]4c(ccc23)C[CH2][Ge]4([CH3])[CH3])[c-]c2ccccc12.CCC(CC)C(=O)/C=C(\O)C(CC)CC.[Ir]. The quantitative estimate of drug-likeness (QED) is 0.0731. The summed E-state index contributed by atoms with van der Waals surface area (Å²) in [5.41, 5.74) is 5.21. The summed E-state index contributed by atoms with van der Waals surface area (Å²) >= 11 is 0.0390. The number of allylic oxidation sites excluding steroid dienone is 2. The number of aliphatic hydroxyl groups is 1. The summed E-state index contributed by atoms with van der Waals surface area (Å²) in [5, 5.41) is 16.4. The van der Waals surface area contributed by atoms with Crippen molar-refractivity contribution in [2.45, 2.75) is 103 Å². The second kappa shape index (κ2) is 15.7. The molecule has 1 N–H and O–H groups in total. The molecular formula is C42H52GeIrNO2S-. The number of nitrogens with zero attached hydrogens (tertiary/aromatic N) is 1. The van der Waals surface area contributed by atoms with Gasteiger partial charge in [-0.1, -0.05) is 27.7 Å². The van der Waals surface area contributed by atoms with Gasteiger partial charge >= 0.3 is 197 Å². The average Bonchev–Trinajstić information content (AvgIpc) is 3.58. The molecule has 0 amide bonds. The molecule has 1 aliphatic rings. The van der Waals surface area contributed by atoms with Crippen molar-refractivity contribution in [1.29, 1.82) is 0 Å². The second-order valence-corrected chi connectivity index (χ2v) is 25.9. The summed E-state index contributed by atoms with van der Waals surface area (Å²) in [7, 11) is 0. The van der Waals surface area contributed by atoms with Crippen molar-refractivity contribution in [2.75, 3.05) is 0 Å². The molecule has 5 aromatic rings. The minimum atomic E-state index is -1.93. The largest absolute Gasteiger partial charge is 0.512 e. The first-order valence-electron chi connectivity index (χ1n) is 17.6. The van der Waals surface area contributed by atoms with Gasteiger partial charge in [-0.2, -0.15) is 0 Å². The number of aromatic nitrogens is 1. The number of thiophene rings is 1. The van der Waals surface area contributed by atoms with Crippen LogP contribution in [0, 0.1) is 17.9 Å². The van der Waals surface area contributed by atoms with Crippen molar-refractivity contribution < 1.29 is 30.0 Å². The third-order valence-electron chi connectivity index (χ3n) is 10.3. The summed E-state index contributed by atoms with van der Waals surface area (Å²) in [6, 6.07) is 21.7. The maximum atomic E-state index is 11.7. The number of aliphatic hydroxyl groups excluding tert-OH is 1. The van der Waals surface area contributed by atoms with Crippen molar-refractivity contribution in [3.63, 3.8) is 0 Å². The number of carbonyl (C=O) groups is 1. The average molecular weight is 900 g/mol. The van der Waals surface area contributed by atoms with Gasteiger partial charge in [0, 0.05) is 38.0 Å². The number of carbonyl (C=O) groups excluding carboxylic acids is 1. The first-order chi connectivity index (χ1) is 22.3. The van der Waals surface area contributed by atoms with Gasteiger partial charge in [0.1, 0.15) is 0 Å². The number of rotatable bonds is 8. The minimum Gasteiger partial charge on any atom is -0.512 e. The summed E-state index contributed by atoms with van der Waals surface area (Å²) in [6.07, 6.45) is 8.16. The zero-order valence-electron chi connectivity index (χ0n) is 30.2. The maximum Gasteiger partial charge on any atom is 0.162 e. The van der Waals surface area contributed by atoms with E-state index in [1.807, 2.05) is 45.2 Å². The Kier molecular flexibility index (Phi) is 12.6. The van der Waals surface area contributed by atoms with Crippen molar-refractivity contribution in [3.8, 4) is 11.3 Å². The molecule has 0 atom stereocenters. The van der Waals surface area contributed by atoms with E-state index >= 15 is 0 Å². The molecule has 0 bridgehead atoms. The van der Waals surface area contributed by atoms with E-state index in [4.69, 9.17) is 4.98 Å². The van der Waals surface area contributed by atoms with Crippen LogP contribution >= 0.6 is 11.3 Å². The van der Waals surface area contributed by atoms with E-state index in [-0.39, 0.29) is 48.9 Å². The van der Waals surface area contributed by atoms with E-state index in [9.17, 15) is 9.90 Å². The minimum absolute atomic E-state index is 0. The summed E-state index contributed by atoms with van der Waals surface area (Å²) in [4.78, 5) is 16.6. The Labute approximate surface area is 308 Å². The van der Waals surface area contributed by atoms with Crippen LogP contribution in [0.4, 0.5) is 0 Å². The van der Waals surface area contributed by atoms with Gasteiger partial charge in [-0.15, -0.1) is 0 Å². The number of ketones is 1. The van der Waals surface area contributed by atoms with Gasteiger partial charge in [0.25, 0.3) is 0 Å². The number of hydrogen-bond donors (Lipinski definition) is 1. The van der Waals surface area contributed by atoms with Gasteiger partial charge in [0.15, 0.2) is 5.78 Å². The van der Waals surface area contributed by atoms with Gasteiger partial charge in [0.2, 0.25) is 0 Å². The van der Waals surface area contributed by atoms with E-state index in [2.05, 4.69) is 86.9 Å². The molecule has 257 valence electrons. The molecule has 0 aliphatic carbocycles. The molecule has 3 nitrogen and oxygen atoms in total. The molecule has 6 heteroatoms. The van der Waals surface area contributed by atoms with E-state index in [0.29, 0.717) is 0 Å². The number of aryl methyl sites for hydroxylation is 1. The van der Waals surface area contributed by atoms with E-state index < -0.39 is 13.3 Å². The van der Waals surface area contributed by atoms with Crippen molar-refractivity contribution in [1.82, 2.24) is 4.98 Å². The van der Waals surface area contributed by atoms with E-state index in [0.717, 1.165) is 36.9 Å². The summed E-state index contributed by atoms with van der Waals surface area (Å²) in [6.45, 7) is 15.0. The Balaban J connectivity index is 0.000000279. The molecule has 0 saturated heterocycles. The molecule has 48 heavy (non-hydrogen) atoms. The number of benzene rings is 3. The van der Waals surface area contributed by atoms with Crippen LogP contribution in [0.2, 0.25) is 16.8 Å². The monoisotopic (exact) mass is 901 g/mol. The van der Waals surface area contributed by atoms with E-state index in [1.165, 1.54) is 54.3 Å². The van der Waals surface area contributed by atoms with Crippen LogP contribution in [-0.4, -0.2) is 29.1 Å². The molecule has 1 radical (unpaired) electrons. The fraction of sp³-hybridized carbons (Fsp3) is 0.429. The van der Waals surface area contributed by atoms with Gasteiger partial charge < -0.3 is 5.11 Å². The van der Waals surface area contributed by atoms with Crippen LogP contribution in [0.25, 0.3) is 42.2 Å². The number of fused-ring (bicyclic) bond motifs is 6. The van der Waals surface area contributed by atoms with E-state index in [1.54, 1.807) is 9.96 Å². The predicted molar refractivity (Wildman–Crippen MR) is 207 cm³/mol. The van der Waals surface area contributed by atoms with Crippen LogP contribution in [-0.2, 0) is 36.7 Å². The molecule has 3 aromatic carbocycles. The van der Waals surface area contributed by atoms with Crippen LogP contribution in [0.1, 0.15) is 85.3 Å². The molecule has 0 saturated carbocycles. The molecule has 3 heterocycles. The first kappa shape index (κ1) is 38.5. The predicted octanol–water partition coefficient (Wildman–Crippen LogP) is 11.7. The smallest absolute Gasteiger partial charge is 0.162 e. The second-order valence-electron chi connectivity index (χ2n) is 14.9. The summed E-state index contributed by atoms with van der Waals surface area (Å²) < 4.78 is 4.59. The summed E-state index contributed by atoms with van der Waals surface area (Å²) in [5.74, 6) is 5.72. The zero-order chi connectivity index (χ0) is 34.1. The molecular weight excluding hydrogens is 847 g/mol. The standard InChI is InChI=1S/C29H28GeNS.C13H24O2.Ir/c1-29(2,3)24-17-20(16-19-8-6-7-9-21(19)24)26-28-23(13-15-31-26)22-11-10-18-12-14-30(4,5)25(18)27(22)32-28;1-5-10(6-2)12(14)9-13(15)11(7-3)8-4;/h6-11,13,15,17H,12,14H2,1-5H3;9-11,14H,5-8H2,1-4H3;/q-1;;/b;12-9-;. The third-order valence-corrected chi connectivity index (χ3v) is 19.1.